The van der Waals surface area contributed by atoms with E-state index in [-0.39, 0.29) is 33.9 Å². The van der Waals surface area contributed by atoms with E-state index in [1.807, 2.05) is 0 Å². The largest absolute Gasteiger partial charge is 0.508 e. The molecule has 0 aliphatic carbocycles. The molecule has 0 saturated carbocycles. The van der Waals surface area contributed by atoms with E-state index in [0.717, 1.165) is 12.1 Å². The maximum absolute atomic E-state index is 10.7. The number of aliphatic hydroxyl groups excluding tert-OH is 1. The number of carboxylic acids is 2. The Balaban J connectivity index is 0.000000260. The molecule has 9 nitrogen and oxygen atoms in total. The summed E-state index contributed by atoms with van der Waals surface area (Å²) >= 11 is 0. The van der Waals surface area contributed by atoms with Crippen molar-refractivity contribution in [1.29, 1.82) is 0 Å². The number of aromatic carboxylic acids is 1. The fraction of sp³-hybridized carbons (Fsp3) is 0.176. The highest BCUT2D eigenvalue weighted by atomic mass is 16.4. The molecule has 0 amide bonds. The number of aliphatic hydroxyl groups is 1. The molecule has 0 fully saturated rings. The zero-order chi connectivity index (χ0) is 20.2. The molecule has 2 rings (SSSR count). The van der Waals surface area contributed by atoms with Gasteiger partial charge in [-0.15, -0.1) is 0 Å². The second-order valence-electron chi connectivity index (χ2n) is 5.36. The van der Waals surface area contributed by atoms with E-state index in [1.54, 1.807) is 0 Å². The molecule has 140 valence electrons. The molecule has 0 radical (unpaired) electrons. The molecule has 0 bridgehead atoms. The molecular formula is C17H18O9. The number of hydrogen-bond acceptors (Lipinski definition) is 7. The van der Waals surface area contributed by atoms with Crippen molar-refractivity contribution in [2.24, 2.45) is 0 Å². The van der Waals surface area contributed by atoms with Gasteiger partial charge >= 0.3 is 11.9 Å². The predicted octanol–water partition coefficient (Wildman–Crippen LogP) is 1.63. The molecule has 0 heterocycles. The van der Waals surface area contributed by atoms with Crippen LogP contribution in [0.25, 0.3) is 0 Å². The molecule has 0 aromatic heterocycles. The number of aromatic hydroxyl groups is 4. The zero-order valence-corrected chi connectivity index (χ0v) is 13.8. The van der Waals surface area contributed by atoms with Crippen LogP contribution in [0.3, 0.4) is 0 Å². The average molecular weight is 366 g/mol. The highest BCUT2D eigenvalue weighted by Gasteiger charge is 2.18. The Hall–Kier alpha value is -3.46. The van der Waals surface area contributed by atoms with Gasteiger partial charge in [0.25, 0.3) is 0 Å². The van der Waals surface area contributed by atoms with Gasteiger partial charge in [-0.1, -0.05) is 6.07 Å². The van der Waals surface area contributed by atoms with E-state index < -0.39 is 23.8 Å². The summed E-state index contributed by atoms with van der Waals surface area (Å²) in [5, 5.41) is 62.6. The van der Waals surface area contributed by atoms with Crippen molar-refractivity contribution in [3.05, 3.63) is 46.5 Å². The van der Waals surface area contributed by atoms with Crippen LogP contribution in [0.5, 0.6) is 23.0 Å². The van der Waals surface area contributed by atoms with Crippen molar-refractivity contribution in [3.63, 3.8) is 0 Å². The molecule has 2 aromatic rings. The normalized spacial score (nSPS) is 11.2. The number of aryl methyl sites for hydroxylation is 1. The van der Waals surface area contributed by atoms with Gasteiger partial charge in [0.15, 0.2) is 17.6 Å². The molecule has 9 heteroatoms. The molecule has 0 aliphatic rings. The van der Waals surface area contributed by atoms with Crippen molar-refractivity contribution >= 4 is 11.9 Å². The second kappa shape index (κ2) is 8.08. The molecule has 0 spiro atoms. The molecule has 0 saturated heterocycles. The highest BCUT2D eigenvalue weighted by molar-refractivity contribution is 5.93. The smallest absolute Gasteiger partial charge is 0.339 e. The minimum Gasteiger partial charge on any atom is -0.508 e. The fourth-order valence-corrected chi connectivity index (χ4v) is 2.00. The summed E-state index contributed by atoms with van der Waals surface area (Å²) in [4.78, 5) is 21.0. The van der Waals surface area contributed by atoms with E-state index >= 15 is 0 Å². The quantitative estimate of drug-likeness (QED) is 0.398. The summed E-state index contributed by atoms with van der Waals surface area (Å²) in [6, 6.07) is 4.64. The number of aliphatic carboxylic acids is 1. The van der Waals surface area contributed by atoms with E-state index in [0.29, 0.717) is 5.56 Å². The van der Waals surface area contributed by atoms with Crippen LogP contribution < -0.4 is 0 Å². The lowest BCUT2D eigenvalue weighted by molar-refractivity contribution is -0.146. The van der Waals surface area contributed by atoms with Crippen LogP contribution in [0.4, 0.5) is 0 Å². The SMILES string of the molecule is Cc1cc(O)c(C)c(O)c1C(=O)O.O=C(O)C(O)c1ccc(O)c(O)c1. The predicted molar refractivity (Wildman–Crippen MR) is 88.6 cm³/mol. The lowest BCUT2D eigenvalue weighted by Crippen LogP contribution is -2.09. The summed E-state index contributed by atoms with van der Waals surface area (Å²) < 4.78 is 0. The number of phenols is 4. The van der Waals surface area contributed by atoms with Crippen LogP contribution in [0.2, 0.25) is 0 Å². The number of rotatable bonds is 3. The molecule has 1 unspecified atom stereocenters. The molecule has 2 aromatic carbocycles. The molecule has 7 N–H and O–H groups in total. The van der Waals surface area contributed by atoms with E-state index in [1.165, 1.54) is 26.0 Å². The van der Waals surface area contributed by atoms with Gasteiger partial charge in [0.1, 0.15) is 17.1 Å². The minimum atomic E-state index is -1.69. The van der Waals surface area contributed by atoms with Gasteiger partial charge in [-0.05, 0) is 43.2 Å². The summed E-state index contributed by atoms with van der Waals surface area (Å²) in [6.07, 6.45) is -1.69. The van der Waals surface area contributed by atoms with Crippen molar-refractivity contribution in [2.75, 3.05) is 0 Å². The Kier molecular flexibility index (Phi) is 6.40. The standard InChI is InChI=1S/C9H10O4.C8H8O5/c1-4-3-6(10)5(2)8(11)7(4)9(12)13;9-5-2-1-4(3-6(5)10)7(11)8(12)13/h3,10-11H,1-2H3,(H,12,13);1-3,7,9-11H,(H,12,13). The van der Waals surface area contributed by atoms with Gasteiger partial charge in [-0.25, -0.2) is 9.59 Å². The molecule has 0 aliphatic heterocycles. The second-order valence-corrected chi connectivity index (χ2v) is 5.36. The Morgan fingerprint density at radius 1 is 0.885 bits per heavy atom. The third-order valence-electron chi connectivity index (χ3n) is 3.49. The van der Waals surface area contributed by atoms with Gasteiger partial charge < -0.3 is 35.7 Å². The monoisotopic (exact) mass is 366 g/mol. The van der Waals surface area contributed by atoms with Crippen molar-refractivity contribution in [1.82, 2.24) is 0 Å². The van der Waals surface area contributed by atoms with Crippen LogP contribution in [-0.4, -0.2) is 47.7 Å². The first-order valence-electron chi connectivity index (χ1n) is 7.15. The summed E-state index contributed by atoms with van der Waals surface area (Å²) in [6.45, 7) is 2.97. The molecular weight excluding hydrogens is 348 g/mol. The van der Waals surface area contributed by atoms with Gasteiger partial charge in [-0.2, -0.15) is 0 Å². The maximum Gasteiger partial charge on any atom is 0.339 e. The number of phenolic OH excluding ortho intramolecular Hbond substituents is 3. The third kappa shape index (κ3) is 4.54. The lowest BCUT2D eigenvalue weighted by atomic mass is 10.0. The van der Waals surface area contributed by atoms with Crippen molar-refractivity contribution in [3.8, 4) is 23.0 Å². The van der Waals surface area contributed by atoms with E-state index in [4.69, 9.17) is 25.5 Å². The lowest BCUT2D eigenvalue weighted by Gasteiger charge is -2.08. The number of benzene rings is 2. The van der Waals surface area contributed by atoms with Crippen molar-refractivity contribution in [2.45, 2.75) is 20.0 Å². The summed E-state index contributed by atoms with van der Waals surface area (Å²) in [5.74, 6) is -3.90. The van der Waals surface area contributed by atoms with E-state index in [2.05, 4.69) is 0 Å². The van der Waals surface area contributed by atoms with Gasteiger partial charge in [0.2, 0.25) is 0 Å². The van der Waals surface area contributed by atoms with Crippen LogP contribution in [0.15, 0.2) is 24.3 Å². The first kappa shape index (κ1) is 20.6. The zero-order valence-electron chi connectivity index (χ0n) is 13.8. The highest BCUT2D eigenvalue weighted by Crippen LogP contribution is 2.32. The number of hydrogen-bond donors (Lipinski definition) is 7. The van der Waals surface area contributed by atoms with Gasteiger partial charge in [-0.3, -0.25) is 0 Å². The maximum atomic E-state index is 10.7. The topological polar surface area (TPSA) is 176 Å². The summed E-state index contributed by atoms with van der Waals surface area (Å²) in [5.41, 5.74) is 0.384. The number of carboxylic acid groups (broad SMARTS) is 2. The van der Waals surface area contributed by atoms with Gasteiger partial charge in [0.05, 0.1) is 0 Å². The summed E-state index contributed by atoms with van der Waals surface area (Å²) in [7, 11) is 0. The Labute approximate surface area is 147 Å². The molecule has 1 atom stereocenters. The molecule has 26 heavy (non-hydrogen) atoms. The Morgan fingerprint density at radius 2 is 1.46 bits per heavy atom. The van der Waals surface area contributed by atoms with Crippen LogP contribution in [-0.2, 0) is 4.79 Å². The van der Waals surface area contributed by atoms with Crippen LogP contribution >= 0.6 is 0 Å². The van der Waals surface area contributed by atoms with Gasteiger partial charge in [0, 0.05) is 5.56 Å². The van der Waals surface area contributed by atoms with Crippen LogP contribution in [0.1, 0.15) is 33.2 Å². The third-order valence-corrected chi connectivity index (χ3v) is 3.49. The Morgan fingerprint density at radius 3 is 1.92 bits per heavy atom. The Bertz CT molecular complexity index is 843. The fourth-order valence-electron chi connectivity index (χ4n) is 2.00. The number of carbonyl (C=O) groups is 2. The van der Waals surface area contributed by atoms with Crippen molar-refractivity contribution < 1.29 is 45.3 Å². The van der Waals surface area contributed by atoms with E-state index in [9.17, 15) is 19.8 Å². The van der Waals surface area contributed by atoms with Crippen LogP contribution in [0, 0.1) is 13.8 Å². The minimum absolute atomic E-state index is 0.0165. The first-order valence-corrected chi connectivity index (χ1v) is 7.15. The first-order chi connectivity index (χ1) is 12.0. The average Bonchev–Trinajstić information content (AvgIpc) is 2.54.